The molecule has 0 amide bonds. The van der Waals surface area contributed by atoms with Crippen LogP contribution in [0.2, 0.25) is 0 Å². The van der Waals surface area contributed by atoms with Gasteiger partial charge in [0, 0.05) is 6.42 Å². The quantitative estimate of drug-likeness (QED) is 0.183. The predicted molar refractivity (Wildman–Crippen MR) is 96.1 cm³/mol. The van der Waals surface area contributed by atoms with E-state index < -0.39 is 0 Å². The van der Waals surface area contributed by atoms with Crippen LogP contribution in [-0.4, -0.2) is 12.6 Å². The number of hydrogen-bond acceptors (Lipinski definition) is 2. The van der Waals surface area contributed by atoms with Crippen molar-refractivity contribution in [3.8, 4) is 0 Å². The molecule has 0 aliphatic rings. The smallest absolute Gasteiger partial charge is 0.305 e. The fourth-order valence-corrected chi connectivity index (χ4v) is 2.57. The third-order valence-corrected chi connectivity index (χ3v) is 3.95. The number of unbranched alkanes of at least 4 members (excludes halogenated alkanes) is 11. The lowest BCUT2D eigenvalue weighted by Crippen LogP contribution is -2.03. The van der Waals surface area contributed by atoms with Crippen molar-refractivity contribution in [3.05, 3.63) is 12.2 Å². The molecule has 0 radical (unpaired) electrons. The average Bonchev–Trinajstić information content (AvgIpc) is 2.51. The number of carbonyl (C=O) groups excluding carboxylic acids is 1. The van der Waals surface area contributed by atoms with Crippen molar-refractivity contribution in [1.29, 1.82) is 0 Å². The SMILES string of the molecule is CCCCC/C=C/CCCCCCCCCCC(=O)OCC. The Morgan fingerprint density at radius 2 is 1.23 bits per heavy atom. The van der Waals surface area contributed by atoms with E-state index in [1.807, 2.05) is 6.92 Å². The van der Waals surface area contributed by atoms with Gasteiger partial charge in [-0.2, -0.15) is 0 Å². The minimum absolute atomic E-state index is 0.0368. The van der Waals surface area contributed by atoms with Gasteiger partial charge in [-0.1, -0.05) is 70.4 Å². The molecule has 0 aromatic rings. The maximum absolute atomic E-state index is 11.1. The Balaban J connectivity index is 3.09. The molecule has 0 rings (SSSR count). The Labute approximate surface area is 138 Å². The van der Waals surface area contributed by atoms with Crippen molar-refractivity contribution in [2.45, 2.75) is 104 Å². The molecule has 0 aromatic carbocycles. The fraction of sp³-hybridized carbons (Fsp3) is 0.850. The topological polar surface area (TPSA) is 26.3 Å². The van der Waals surface area contributed by atoms with E-state index >= 15 is 0 Å². The third kappa shape index (κ3) is 17.3. The molecule has 0 saturated heterocycles. The number of allylic oxidation sites excluding steroid dienone is 2. The molecule has 0 atom stereocenters. The third-order valence-electron chi connectivity index (χ3n) is 3.95. The van der Waals surface area contributed by atoms with Gasteiger partial charge in [0.15, 0.2) is 0 Å². The van der Waals surface area contributed by atoms with Crippen LogP contribution in [0.3, 0.4) is 0 Å². The Hall–Kier alpha value is -0.790. The summed E-state index contributed by atoms with van der Waals surface area (Å²) in [5.74, 6) is -0.0368. The Kier molecular flexibility index (Phi) is 17.6. The predicted octanol–water partition coefficient (Wildman–Crippen LogP) is 6.59. The molecule has 0 aliphatic heterocycles. The van der Waals surface area contributed by atoms with Gasteiger partial charge < -0.3 is 4.74 Å². The van der Waals surface area contributed by atoms with Crippen molar-refractivity contribution in [1.82, 2.24) is 0 Å². The number of ether oxygens (including phenoxy) is 1. The van der Waals surface area contributed by atoms with Crippen LogP contribution in [0, 0.1) is 0 Å². The highest BCUT2D eigenvalue weighted by molar-refractivity contribution is 5.69. The molecule has 0 aromatic heterocycles. The molecule has 22 heavy (non-hydrogen) atoms. The zero-order valence-corrected chi connectivity index (χ0v) is 15.1. The monoisotopic (exact) mass is 310 g/mol. The Bertz CT molecular complexity index is 258. The first-order valence-corrected chi connectivity index (χ1v) is 9.61. The molecule has 0 spiro atoms. The molecular formula is C20H38O2. The highest BCUT2D eigenvalue weighted by Crippen LogP contribution is 2.11. The second-order valence-corrected chi connectivity index (χ2v) is 6.14. The number of esters is 1. The summed E-state index contributed by atoms with van der Waals surface area (Å²) in [5, 5.41) is 0. The van der Waals surface area contributed by atoms with Gasteiger partial charge in [0.1, 0.15) is 0 Å². The van der Waals surface area contributed by atoms with Crippen LogP contribution >= 0.6 is 0 Å². The maximum Gasteiger partial charge on any atom is 0.305 e. The van der Waals surface area contributed by atoms with E-state index in [9.17, 15) is 4.79 Å². The lowest BCUT2D eigenvalue weighted by molar-refractivity contribution is -0.143. The summed E-state index contributed by atoms with van der Waals surface area (Å²) in [7, 11) is 0. The Morgan fingerprint density at radius 3 is 1.77 bits per heavy atom. The molecule has 2 heteroatoms. The molecule has 0 saturated carbocycles. The van der Waals surface area contributed by atoms with Gasteiger partial charge in [0.05, 0.1) is 6.61 Å². The molecule has 0 aliphatic carbocycles. The molecule has 0 unspecified atom stereocenters. The normalized spacial score (nSPS) is 11.2. The zero-order valence-electron chi connectivity index (χ0n) is 15.1. The summed E-state index contributed by atoms with van der Waals surface area (Å²) in [4.78, 5) is 11.1. The van der Waals surface area contributed by atoms with Gasteiger partial charge in [-0.25, -0.2) is 0 Å². The maximum atomic E-state index is 11.1. The largest absolute Gasteiger partial charge is 0.466 e. The molecule has 0 fully saturated rings. The lowest BCUT2D eigenvalue weighted by Gasteiger charge is -2.02. The zero-order chi connectivity index (χ0) is 16.3. The molecule has 2 nitrogen and oxygen atoms in total. The summed E-state index contributed by atoms with van der Waals surface area (Å²) in [6.45, 7) is 4.62. The molecule has 0 N–H and O–H groups in total. The fourth-order valence-electron chi connectivity index (χ4n) is 2.57. The van der Waals surface area contributed by atoms with Crippen LogP contribution in [0.4, 0.5) is 0 Å². The van der Waals surface area contributed by atoms with E-state index in [0.717, 1.165) is 6.42 Å². The lowest BCUT2D eigenvalue weighted by atomic mass is 10.1. The second kappa shape index (κ2) is 18.3. The van der Waals surface area contributed by atoms with Crippen molar-refractivity contribution in [2.75, 3.05) is 6.61 Å². The number of rotatable bonds is 16. The first kappa shape index (κ1) is 21.2. The van der Waals surface area contributed by atoms with E-state index in [1.54, 1.807) is 0 Å². The number of carbonyl (C=O) groups is 1. The summed E-state index contributed by atoms with van der Waals surface area (Å²) in [6.07, 6.45) is 22.0. The average molecular weight is 311 g/mol. The van der Waals surface area contributed by atoms with E-state index in [1.165, 1.54) is 77.0 Å². The molecule has 0 heterocycles. The van der Waals surface area contributed by atoms with Gasteiger partial charge in [0.2, 0.25) is 0 Å². The van der Waals surface area contributed by atoms with Crippen molar-refractivity contribution < 1.29 is 9.53 Å². The standard InChI is InChI=1S/C20H38O2/c1-3-5-6-7-8-9-10-11-12-13-14-15-16-17-18-19-20(21)22-4-2/h8-9H,3-7,10-19H2,1-2H3/b9-8+. The Morgan fingerprint density at radius 1 is 0.727 bits per heavy atom. The first-order chi connectivity index (χ1) is 10.8. The highest BCUT2D eigenvalue weighted by Gasteiger charge is 2.00. The van der Waals surface area contributed by atoms with Crippen LogP contribution in [0.25, 0.3) is 0 Å². The second-order valence-electron chi connectivity index (χ2n) is 6.14. The van der Waals surface area contributed by atoms with Gasteiger partial charge >= 0.3 is 5.97 Å². The van der Waals surface area contributed by atoms with Crippen LogP contribution in [-0.2, 0) is 9.53 Å². The van der Waals surface area contributed by atoms with Gasteiger partial charge in [-0.3, -0.25) is 4.79 Å². The first-order valence-electron chi connectivity index (χ1n) is 9.61. The summed E-state index contributed by atoms with van der Waals surface area (Å²) in [6, 6.07) is 0. The van der Waals surface area contributed by atoms with Gasteiger partial charge in [-0.05, 0) is 39.0 Å². The van der Waals surface area contributed by atoms with Gasteiger partial charge in [-0.15, -0.1) is 0 Å². The summed E-state index contributed by atoms with van der Waals surface area (Å²) >= 11 is 0. The number of hydrogen-bond donors (Lipinski definition) is 0. The van der Waals surface area contributed by atoms with Crippen molar-refractivity contribution in [2.24, 2.45) is 0 Å². The van der Waals surface area contributed by atoms with Crippen molar-refractivity contribution in [3.63, 3.8) is 0 Å². The minimum Gasteiger partial charge on any atom is -0.466 e. The van der Waals surface area contributed by atoms with Crippen LogP contribution in [0.15, 0.2) is 12.2 Å². The van der Waals surface area contributed by atoms with Crippen LogP contribution < -0.4 is 0 Å². The van der Waals surface area contributed by atoms with E-state index in [4.69, 9.17) is 4.74 Å². The molecule has 130 valence electrons. The van der Waals surface area contributed by atoms with Crippen LogP contribution in [0.1, 0.15) is 104 Å². The summed E-state index contributed by atoms with van der Waals surface area (Å²) < 4.78 is 4.92. The van der Waals surface area contributed by atoms with Gasteiger partial charge in [0.25, 0.3) is 0 Å². The molecular weight excluding hydrogens is 272 g/mol. The van der Waals surface area contributed by atoms with E-state index in [-0.39, 0.29) is 5.97 Å². The summed E-state index contributed by atoms with van der Waals surface area (Å²) in [5.41, 5.74) is 0. The van der Waals surface area contributed by atoms with Crippen molar-refractivity contribution >= 4 is 5.97 Å². The van der Waals surface area contributed by atoms with Crippen LogP contribution in [0.5, 0.6) is 0 Å². The van der Waals surface area contributed by atoms with E-state index in [2.05, 4.69) is 19.1 Å². The van der Waals surface area contributed by atoms with E-state index in [0.29, 0.717) is 13.0 Å². The molecule has 0 bridgehead atoms. The minimum atomic E-state index is -0.0368. The highest BCUT2D eigenvalue weighted by atomic mass is 16.5.